The Morgan fingerprint density at radius 1 is 1.19 bits per heavy atom. The van der Waals surface area contributed by atoms with Crippen molar-refractivity contribution in [2.45, 2.75) is 24.3 Å². The van der Waals surface area contributed by atoms with E-state index in [9.17, 15) is 4.79 Å². The number of hydrogen-bond acceptors (Lipinski definition) is 4. The third-order valence-corrected chi connectivity index (χ3v) is 5.33. The average Bonchev–Trinajstić information content (AvgIpc) is 2.96. The number of nitrogens with one attached hydrogen (secondary N) is 1. The van der Waals surface area contributed by atoms with E-state index in [-0.39, 0.29) is 11.2 Å². The minimum absolute atomic E-state index is 0.113. The van der Waals surface area contributed by atoms with E-state index in [4.69, 9.17) is 11.6 Å². The molecule has 0 fully saturated rings. The number of benzene rings is 2. The van der Waals surface area contributed by atoms with E-state index < -0.39 is 0 Å². The summed E-state index contributed by atoms with van der Waals surface area (Å²) in [4.78, 5) is 12.4. The molecule has 0 spiro atoms. The Hall–Kier alpha value is -2.31. The summed E-state index contributed by atoms with van der Waals surface area (Å²) in [6, 6.07) is 15.1. The summed E-state index contributed by atoms with van der Waals surface area (Å²) in [6.07, 6.45) is 0. The molecule has 1 heterocycles. The normalized spacial score (nSPS) is 12.0. The van der Waals surface area contributed by atoms with Gasteiger partial charge < -0.3 is 9.88 Å². The molecule has 0 bridgehead atoms. The highest BCUT2D eigenvalue weighted by Crippen LogP contribution is 2.28. The lowest BCUT2D eigenvalue weighted by Crippen LogP contribution is -2.22. The molecule has 0 saturated heterocycles. The fourth-order valence-electron chi connectivity index (χ4n) is 2.50. The van der Waals surface area contributed by atoms with Gasteiger partial charge in [-0.3, -0.25) is 4.79 Å². The Balaban J connectivity index is 1.73. The zero-order chi connectivity index (χ0) is 18.7. The van der Waals surface area contributed by atoms with Crippen LogP contribution in [-0.4, -0.2) is 25.9 Å². The van der Waals surface area contributed by atoms with Crippen molar-refractivity contribution in [3.63, 3.8) is 0 Å². The fourth-order valence-corrected chi connectivity index (χ4v) is 3.50. The van der Waals surface area contributed by atoms with Crippen LogP contribution >= 0.6 is 23.4 Å². The smallest absolute Gasteiger partial charge is 0.237 e. The number of carbonyl (C=O) groups excluding carboxylic acids is 1. The third-order valence-electron chi connectivity index (χ3n) is 3.96. The molecule has 0 unspecified atom stereocenters. The van der Waals surface area contributed by atoms with Crippen LogP contribution in [0.4, 0.5) is 5.69 Å². The van der Waals surface area contributed by atoms with Crippen LogP contribution in [0.2, 0.25) is 5.02 Å². The number of nitrogens with zero attached hydrogens (tertiary/aromatic N) is 3. The molecule has 0 aliphatic heterocycles. The predicted octanol–water partition coefficient (Wildman–Crippen LogP) is 4.56. The van der Waals surface area contributed by atoms with Crippen LogP contribution in [0.3, 0.4) is 0 Å². The quantitative estimate of drug-likeness (QED) is 0.653. The number of amides is 1. The number of thioether (sulfide) groups is 1. The molecule has 7 heteroatoms. The number of aromatic nitrogens is 3. The van der Waals surface area contributed by atoms with Crippen LogP contribution < -0.4 is 5.32 Å². The van der Waals surface area contributed by atoms with Crippen molar-refractivity contribution >= 4 is 35.0 Å². The first-order valence-electron chi connectivity index (χ1n) is 8.14. The Morgan fingerprint density at radius 3 is 2.69 bits per heavy atom. The summed E-state index contributed by atoms with van der Waals surface area (Å²) in [7, 11) is 1.91. The summed E-state index contributed by atoms with van der Waals surface area (Å²) >= 11 is 7.32. The molecule has 3 aromatic rings. The van der Waals surface area contributed by atoms with Crippen LogP contribution in [0.1, 0.15) is 12.5 Å². The molecule has 0 radical (unpaired) electrons. The Bertz CT molecular complexity index is 941. The van der Waals surface area contributed by atoms with E-state index in [0.717, 1.165) is 17.0 Å². The molecular formula is C19H19ClN4OS. The van der Waals surface area contributed by atoms with Gasteiger partial charge in [-0.05, 0) is 37.6 Å². The number of rotatable bonds is 5. The van der Waals surface area contributed by atoms with Gasteiger partial charge in [0, 0.05) is 23.3 Å². The second-order valence-corrected chi connectivity index (χ2v) is 7.68. The molecule has 3 rings (SSSR count). The van der Waals surface area contributed by atoms with Crippen molar-refractivity contribution in [3.05, 3.63) is 59.1 Å². The van der Waals surface area contributed by atoms with Crippen LogP contribution in [0.25, 0.3) is 11.4 Å². The monoisotopic (exact) mass is 386 g/mol. The van der Waals surface area contributed by atoms with Gasteiger partial charge in [0.15, 0.2) is 11.0 Å². The van der Waals surface area contributed by atoms with Crippen molar-refractivity contribution in [2.24, 2.45) is 7.05 Å². The van der Waals surface area contributed by atoms with Crippen LogP contribution in [0.15, 0.2) is 53.7 Å². The standard InChI is InChI=1S/C19H19ClN4OS/c1-12-7-4-5-10-16(12)17-22-23-19(24(17)3)26-13(2)18(25)21-15-9-6-8-14(20)11-15/h4-11,13H,1-3H3,(H,21,25)/t13-/m0/s1. The molecule has 1 amide bonds. The number of aryl methyl sites for hydroxylation is 1. The molecule has 2 aromatic carbocycles. The second kappa shape index (κ2) is 7.93. The molecule has 5 nitrogen and oxygen atoms in total. The molecule has 0 saturated carbocycles. The van der Waals surface area contributed by atoms with Crippen molar-refractivity contribution in [1.82, 2.24) is 14.8 Å². The van der Waals surface area contributed by atoms with Gasteiger partial charge in [-0.2, -0.15) is 0 Å². The summed E-state index contributed by atoms with van der Waals surface area (Å²) in [5.41, 5.74) is 2.84. The van der Waals surface area contributed by atoms with Crippen LogP contribution in [0.5, 0.6) is 0 Å². The summed E-state index contributed by atoms with van der Waals surface area (Å²) in [5.74, 6) is 0.672. The van der Waals surface area contributed by atoms with Gasteiger partial charge in [0.05, 0.1) is 5.25 Å². The van der Waals surface area contributed by atoms with E-state index in [1.165, 1.54) is 11.8 Å². The van der Waals surface area contributed by atoms with Gasteiger partial charge in [0.1, 0.15) is 0 Å². The Kier molecular flexibility index (Phi) is 5.64. The van der Waals surface area contributed by atoms with Crippen molar-refractivity contribution in [1.29, 1.82) is 0 Å². The second-order valence-electron chi connectivity index (χ2n) is 5.94. The molecule has 0 aliphatic carbocycles. The Morgan fingerprint density at radius 2 is 1.96 bits per heavy atom. The summed E-state index contributed by atoms with van der Waals surface area (Å²) < 4.78 is 1.91. The number of halogens is 1. The zero-order valence-electron chi connectivity index (χ0n) is 14.7. The van der Waals surface area contributed by atoms with E-state index in [0.29, 0.717) is 15.9 Å². The van der Waals surface area contributed by atoms with Gasteiger partial charge in [-0.15, -0.1) is 10.2 Å². The lowest BCUT2D eigenvalue weighted by molar-refractivity contribution is -0.115. The van der Waals surface area contributed by atoms with E-state index in [1.54, 1.807) is 24.3 Å². The molecule has 1 aromatic heterocycles. The lowest BCUT2D eigenvalue weighted by atomic mass is 10.1. The van der Waals surface area contributed by atoms with Gasteiger partial charge in [-0.1, -0.05) is 53.7 Å². The maximum Gasteiger partial charge on any atom is 0.237 e. The summed E-state index contributed by atoms with van der Waals surface area (Å²) in [6.45, 7) is 3.88. The van der Waals surface area contributed by atoms with Crippen molar-refractivity contribution in [2.75, 3.05) is 5.32 Å². The van der Waals surface area contributed by atoms with Gasteiger partial charge in [0.2, 0.25) is 5.91 Å². The Labute approximate surface area is 161 Å². The first-order chi connectivity index (χ1) is 12.5. The van der Waals surface area contributed by atoms with E-state index in [1.807, 2.05) is 49.7 Å². The highest BCUT2D eigenvalue weighted by molar-refractivity contribution is 8.00. The highest BCUT2D eigenvalue weighted by Gasteiger charge is 2.20. The third kappa shape index (κ3) is 4.08. The van der Waals surface area contributed by atoms with E-state index in [2.05, 4.69) is 15.5 Å². The van der Waals surface area contributed by atoms with Gasteiger partial charge in [-0.25, -0.2) is 0 Å². The van der Waals surface area contributed by atoms with Crippen LogP contribution in [0, 0.1) is 6.92 Å². The fraction of sp³-hybridized carbons (Fsp3) is 0.211. The van der Waals surface area contributed by atoms with Crippen molar-refractivity contribution in [3.8, 4) is 11.4 Å². The maximum atomic E-state index is 12.4. The average molecular weight is 387 g/mol. The number of carbonyl (C=O) groups is 1. The van der Waals surface area contributed by atoms with Crippen molar-refractivity contribution < 1.29 is 4.79 Å². The number of hydrogen-bond donors (Lipinski definition) is 1. The SMILES string of the molecule is Cc1ccccc1-c1nnc(S[C@@H](C)C(=O)Nc2cccc(Cl)c2)n1C. The predicted molar refractivity (Wildman–Crippen MR) is 107 cm³/mol. The van der Waals surface area contributed by atoms with Gasteiger partial charge >= 0.3 is 0 Å². The molecule has 26 heavy (non-hydrogen) atoms. The molecule has 134 valence electrons. The largest absolute Gasteiger partial charge is 0.325 e. The number of anilines is 1. The zero-order valence-corrected chi connectivity index (χ0v) is 16.3. The molecular weight excluding hydrogens is 368 g/mol. The first-order valence-corrected chi connectivity index (χ1v) is 9.40. The first kappa shape index (κ1) is 18.5. The van der Waals surface area contributed by atoms with Gasteiger partial charge in [0.25, 0.3) is 0 Å². The molecule has 0 aliphatic rings. The lowest BCUT2D eigenvalue weighted by Gasteiger charge is -2.12. The molecule has 1 N–H and O–H groups in total. The maximum absolute atomic E-state index is 12.4. The topological polar surface area (TPSA) is 59.8 Å². The minimum Gasteiger partial charge on any atom is -0.325 e. The highest BCUT2D eigenvalue weighted by atomic mass is 35.5. The molecule has 1 atom stereocenters. The van der Waals surface area contributed by atoms with Crippen LogP contribution in [-0.2, 0) is 11.8 Å². The summed E-state index contributed by atoms with van der Waals surface area (Å²) in [5, 5.41) is 12.4. The minimum atomic E-state index is -0.332. The van der Waals surface area contributed by atoms with E-state index >= 15 is 0 Å².